The van der Waals surface area contributed by atoms with Crippen LogP contribution in [0.5, 0.6) is 0 Å². The third-order valence-corrected chi connectivity index (χ3v) is 8.91. The molecule has 7 rings (SSSR count). The summed E-state index contributed by atoms with van der Waals surface area (Å²) in [6, 6.07) is 32.7. The average Bonchev–Trinajstić information content (AvgIpc) is 3.17. The van der Waals surface area contributed by atoms with Crippen LogP contribution in [0.1, 0.15) is 62.1 Å². The van der Waals surface area contributed by atoms with Crippen LogP contribution in [0.2, 0.25) is 0 Å². The van der Waals surface area contributed by atoms with E-state index in [9.17, 15) is 44.1 Å². The minimum absolute atomic E-state index is 0.0184. The monoisotopic (exact) mass is 717 g/mol. The van der Waals surface area contributed by atoms with Crippen LogP contribution in [0.4, 0.5) is 17.1 Å². The molecule has 7 aromatic carbocycles. The maximum Gasteiger partial charge on any atom is 0.337 e. The summed E-state index contributed by atoms with van der Waals surface area (Å²) < 4.78 is 0. The van der Waals surface area contributed by atoms with Crippen molar-refractivity contribution in [2.24, 2.45) is 0 Å². The predicted molar refractivity (Wildman–Crippen MR) is 203 cm³/mol. The van der Waals surface area contributed by atoms with Crippen molar-refractivity contribution in [1.29, 1.82) is 0 Å². The Balaban J connectivity index is 1.34. The molecule has 0 saturated carbocycles. The van der Waals surface area contributed by atoms with Crippen LogP contribution in [-0.4, -0.2) is 50.9 Å². The molecule has 0 atom stereocenters. The zero-order chi connectivity index (χ0) is 38.1. The van der Waals surface area contributed by atoms with Gasteiger partial charge in [-0.3, -0.25) is 14.4 Å². The second-order valence-corrected chi connectivity index (χ2v) is 12.2. The highest BCUT2D eigenvalue weighted by Crippen LogP contribution is 2.32. The maximum atomic E-state index is 14.0. The summed E-state index contributed by atoms with van der Waals surface area (Å²) in [6.45, 7) is 0. The molecule has 0 aromatic heterocycles. The molecule has 0 bridgehead atoms. The average molecular weight is 718 g/mol. The Morgan fingerprint density at radius 3 is 0.870 bits per heavy atom. The highest BCUT2D eigenvalue weighted by molar-refractivity contribution is 6.20. The summed E-state index contributed by atoms with van der Waals surface area (Å²) in [5.41, 5.74) is -1.37. The standard InChI is InChI=1S/C42H27N3O9/c46-37(43-34-28-10-4-1-7-22(28)13-16-31(34)40(49)50)25-19-26(38(47)44-35-29-11-5-2-8-23(29)14-17-32(35)41(51)52)21-27(20-25)39(48)45-36-30-12-6-3-9-24(30)15-18-33(36)42(53)54/h1-21H,(H,43,46)(H,44,47)(H,45,48)(H,49,50)(H,51,52)(H,53,54). The van der Waals surface area contributed by atoms with Gasteiger partial charge in [-0.05, 0) is 52.6 Å². The van der Waals surface area contributed by atoms with Crippen LogP contribution in [0.15, 0.2) is 127 Å². The Morgan fingerprint density at radius 1 is 0.352 bits per heavy atom. The van der Waals surface area contributed by atoms with Gasteiger partial charge in [-0.15, -0.1) is 0 Å². The predicted octanol–water partition coefficient (Wildman–Crippen LogP) is 8.00. The van der Waals surface area contributed by atoms with E-state index in [2.05, 4.69) is 16.0 Å². The number of carbonyl (C=O) groups is 6. The number of amides is 3. The number of hydrogen-bond donors (Lipinski definition) is 6. The van der Waals surface area contributed by atoms with Crippen molar-refractivity contribution in [1.82, 2.24) is 0 Å². The molecule has 0 unspecified atom stereocenters. The van der Waals surface area contributed by atoms with Crippen LogP contribution in [-0.2, 0) is 0 Å². The molecule has 264 valence electrons. The molecule has 6 N–H and O–H groups in total. The summed E-state index contributed by atoms with van der Waals surface area (Å²) in [6.07, 6.45) is 0. The summed E-state index contributed by atoms with van der Waals surface area (Å²) in [4.78, 5) is 78.7. The summed E-state index contributed by atoms with van der Waals surface area (Å²) >= 11 is 0. The third-order valence-electron chi connectivity index (χ3n) is 8.91. The van der Waals surface area contributed by atoms with Gasteiger partial charge in [-0.1, -0.05) is 91.0 Å². The van der Waals surface area contributed by atoms with Crippen LogP contribution in [0, 0.1) is 0 Å². The highest BCUT2D eigenvalue weighted by Gasteiger charge is 2.23. The van der Waals surface area contributed by atoms with Crippen molar-refractivity contribution in [3.05, 3.63) is 161 Å². The summed E-state index contributed by atoms with van der Waals surface area (Å²) in [7, 11) is 0. The van der Waals surface area contributed by atoms with Gasteiger partial charge in [0.1, 0.15) is 0 Å². The van der Waals surface area contributed by atoms with E-state index in [-0.39, 0.29) is 50.4 Å². The van der Waals surface area contributed by atoms with Gasteiger partial charge in [0.25, 0.3) is 17.7 Å². The fourth-order valence-corrected chi connectivity index (χ4v) is 6.33. The first kappa shape index (κ1) is 34.6. The van der Waals surface area contributed by atoms with Gasteiger partial charge in [0.05, 0.1) is 33.8 Å². The van der Waals surface area contributed by atoms with E-state index in [1.165, 1.54) is 36.4 Å². The quantitative estimate of drug-likeness (QED) is 0.0856. The molecular weight excluding hydrogens is 690 g/mol. The van der Waals surface area contributed by atoms with Crippen molar-refractivity contribution in [3.8, 4) is 0 Å². The second-order valence-electron chi connectivity index (χ2n) is 12.2. The molecule has 0 heterocycles. The number of aromatic carboxylic acids is 3. The van der Waals surface area contributed by atoms with Crippen molar-refractivity contribution in [2.75, 3.05) is 16.0 Å². The molecule has 12 heteroatoms. The smallest absolute Gasteiger partial charge is 0.337 e. The fourth-order valence-electron chi connectivity index (χ4n) is 6.33. The molecule has 0 aliphatic carbocycles. The molecule has 54 heavy (non-hydrogen) atoms. The van der Waals surface area contributed by atoms with Crippen molar-refractivity contribution in [2.45, 2.75) is 0 Å². The number of nitrogens with one attached hydrogen (secondary N) is 3. The van der Waals surface area contributed by atoms with E-state index in [0.29, 0.717) is 32.3 Å². The number of fused-ring (bicyclic) bond motifs is 3. The third kappa shape index (κ3) is 6.53. The highest BCUT2D eigenvalue weighted by atomic mass is 16.4. The summed E-state index contributed by atoms with van der Waals surface area (Å²) in [5.74, 6) is -6.53. The number of rotatable bonds is 9. The normalized spacial score (nSPS) is 10.9. The van der Waals surface area contributed by atoms with Crippen LogP contribution in [0.3, 0.4) is 0 Å². The zero-order valence-corrected chi connectivity index (χ0v) is 27.9. The van der Waals surface area contributed by atoms with Crippen LogP contribution < -0.4 is 16.0 Å². The number of anilines is 3. The number of benzene rings is 7. The minimum atomic E-state index is -1.31. The Morgan fingerprint density at radius 2 is 0.611 bits per heavy atom. The molecule has 0 radical (unpaired) electrons. The minimum Gasteiger partial charge on any atom is -0.478 e. The van der Waals surface area contributed by atoms with Gasteiger partial charge in [0.15, 0.2) is 0 Å². The van der Waals surface area contributed by atoms with E-state index in [1.807, 2.05) is 0 Å². The van der Waals surface area contributed by atoms with Gasteiger partial charge in [0.2, 0.25) is 0 Å². The Bertz CT molecular complexity index is 2450. The van der Waals surface area contributed by atoms with E-state index >= 15 is 0 Å². The lowest BCUT2D eigenvalue weighted by Crippen LogP contribution is -2.21. The molecule has 0 fully saturated rings. The zero-order valence-electron chi connectivity index (χ0n) is 27.9. The molecule has 0 aliphatic heterocycles. The molecule has 12 nitrogen and oxygen atoms in total. The van der Waals surface area contributed by atoms with Crippen molar-refractivity contribution in [3.63, 3.8) is 0 Å². The van der Waals surface area contributed by atoms with Crippen molar-refractivity contribution >= 4 is 85.0 Å². The second kappa shape index (κ2) is 14.0. The lowest BCUT2D eigenvalue weighted by molar-refractivity contribution is 0.0687. The first-order valence-electron chi connectivity index (χ1n) is 16.3. The van der Waals surface area contributed by atoms with E-state index in [4.69, 9.17) is 0 Å². The Labute approximate surface area is 305 Å². The SMILES string of the molecule is O=C(Nc1c(C(=O)O)ccc2ccccc12)c1cc(C(=O)Nc2c(C(=O)O)ccc3ccccc23)cc(C(=O)Nc2c(C(=O)O)ccc3ccccc23)c1. The molecule has 0 aliphatic rings. The molecular formula is C42H27N3O9. The number of carbonyl (C=O) groups excluding carboxylic acids is 3. The molecule has 3 amide bonds. The van der Waals surface area contributed by atoms with E-state index in [0.717, 1.165) is 0 Å². The number of hydrogen-bond acceptors (Lipinski definition) is 6. The van der Waals surface area contributed by atoms with Crippen LogP contribution >= 0.6 is 0 Å². The van der Waals surface area contributed by atoms with Crippen molar-refractivity contribution < 1.29 is 44.1 Å². The largest absolute Gasteiger partial charge is 0.478 e. The number of carboxylic acid groups (broad SMARTS) is 3. The number of carboxylic acids is 3. The fraction of sp³-hybridized carbons (Fsp3) is 0. The van der Waals surface area contributed by atoms with E-state index < -0.39 is 35.6 Å². The van der Waals surface area contributed by atoms with Gasteiger partial charge in [-0.2, -0.15) is 0 Å². The van der Waals surface area contributed by atoms with Gasteiger partial charge in [0, 0.05) is 32.8 Å². The topological polar surface area (TPSA) is 199 Å². The molecule has 0 spiro atoms. The molecule has 7 aromatic rings. The van der Waals surface area contributed by atoms with Gasteiger partial charge in [-0.25, -0.2) is 14.4 Å². The van der Waals surface area contributed by atoms with Gasteiger partial charge >= 0.3 is 17.9 Å². The first-order valence-corrected chi connectivity index (χ1v) is 16.3. The first-order chi connectivity index (χ1) is 26.0. The lowest BCUT2D eigenvalue weighted by Gasteiger charge is -2.16. The van der Waals surface area contributed by atoms with Gasteiger partial charge < -0.3 is 31.3 Å². The van der Waals surface area contributed by atoms with Crippen LogP contribution in [0.25, 0.3) is 32.3 Å². The maximum absolute atomic E-state index is 14.0. The summed E-state index contributed by atoms with van der Waals surface area (Å²) in [5, 5.41) is 41.0. The van der Waals surface area contributed by atoms with E-state index in [1.54, 1.807) is 91.0 Å². The molecule has 0 saturated heterocycles. The Hall–Kier alpha value is -7.86. The Kier molecular flexibility index (Phi) is 8.99. The lowest BCUT2D eigenvalue weighted by atomic mass is 10.00.